The van der Waals surface area contributed by atoms with Crippen molar-refractivity contribution in [3.8, 4) is 28.6 Å². The maximum absolute atomic E-state index is 13.3. The minimum atomic E-state index is -0.149. The van der Waals surface area contributed by atoms with E-state index in [1.54, 1.807) is 48.3 Å². The van der Waals surface area contributed by atoms with E-state index in [0.717, 1.165) is 17.0 Å². The van der Waals surface area contributed by atoms with Gasteiger partial charge >= 0.3 is 0 Å². The number of piperazine rings is 1. The van der Waals surface area contributed by atoms with Crippen LogP contribution in [-0.4, -0.2) is 82.0 Å². The van der Waals surface area contributed by atoms with Crippen LogP contribution in [0.1, 0.15) is 17.3 Å². The van der Waals surface area contributed by atoms with Crippen molar-refractivity contribution in [2.24, 2.45) is 0 Å². The molecule has 0 spiro atoms. The Kier molecular flexibility index (Phi) is 8.80. The molecular weight excluding hydrogens is 562 g/mol. The van der Waals surface area contributed by atoms with Crippen molar-refractivity contribution in [2.75, 3.05) is 39.6 Å². The largest absolute Gasteiger partial charge is 0.497 e. The van der Waals surface area contributed by atoms with Crippen molar-refractivity contribution >= 4 is 35.2 Å². The third-order valence-electron chi connectivity index (χ3n) is 6.96. The summed E-state index contributed by atoms with van der Waals surface area (Å²) >= 11 is 7.58. The Hall–Kier alpha value is -4.02. The van der Waals surface area contributed by atoms with Gasteiger partial charge in [0.2, 0.25) is 5.91 Å². The highest BCUT2D eigenvalue weighted by Crippen LogP contribution is 2.31. The van der Waals surface area contributed by atoms with Gasteiger partial charge in [0.05, 0.1) is 30.6 Å². The summed E-state index contributed by atoms with van der Waals surface area (Å²) in [7, 11) is 3.24. The molecule has 2 amide bonds. The number of benzene rings is 3. The molecule has 0 aliphatic carbocycles. The number of carbonyl (C=O) groups is 2. The van der Waals surface area contributed by atoms with E-state index in [1.807, 2.05) is 60.0 Å². The molecule has 9 nitrogen and oxygen atoms in total. The van der Waals surface area contributed by atoms with Crippen LogP contribution in [-0.2, 0) is 4.79 Å². The van der Waals surface area contributed by atoms with Gasteiger partial charge < -0.3 is 19.3 Å². The molecule has 5 rings (SSSR count). The number of nitrogens with zero attached hydrogens (tertiary/aromatic N) is 5. The Bertz CT molecular complexity index is 1540. The smallest absolute Gasteiger partial charge is 0.255 e. The molecule has 1 aliphatic heterocycles. The van der Waals surface area contributed by atoms with E-state index in [0.29, 0.717) is 47.0 Å². The zero-order valence-electron chi connectivity index (χ0n) is 23.0. The number of thioether (sulfide) groups is 1. The average Bonchev–Trinajstić information content (AvgIpc) is 3.43. The van der Waals surface area contributed by atoms with E-state index >= 15 is 0 Å². The normalized spacial score (nSPS) is 15.1. The molecule has 41 heavy (non-hydrogen) atoms. The molecule has 1 saturated heterocycles. The molecule has 1 aromatic heterocycles. The van der Waals surface area contributed by atoms with E-state index in [1.165, 1.54) is 11.8 Å². The van der Waals surface area contributed by atoms with Crippen LogP contribution in [0.3, 0.4) is 0 Å². The molecule has 212 valence electrons. The van der Waals surface area contributed by atoms with Gasteiger partial charge in [-0.1, -0.05) is 47.6 Å². The summed E-state index contributed by atoms with van der Waals surface area (Å²) in [5.74, 6) is 2.09. The van der Waals surface area contributed by atoms with Gasteiger partial charge in [0.1, 0.15) is 11.5 Å². The number of hydrogen-bond acceptors (Lipinski definition) is 7. The molecule has 1 atom stereocenters. The molecule has 0 N–H and O–H groups in total. The van der Waals surface area contributed by atoms with Gasteiger partial charge in [0, 0.05) is 36.9 Å². The Labute approximate surface area is 248 Å². The number of halogens is 1. The number of hydrogen-bond donors (Lipinski definition) is 0. The standard InChI is InChI=1S/C30H30ClN5O4S/c1-20-18-34(15-16-35(20)29(38)25-9-4-5-10-26(25)31)27(37)19-41-30-33-32-28(21-7-6-8-24(17-21)40-3)36(30)22-11-13-23(39-2)14-12-22/h4-14,17,20H,15-16,18-19H2,1-3H3. The molecule has 1 unspecified atom stereocenters. The fraction of sp³-hybridized carbons (Fsp3) is 0.267. The minimum absolute atomic E-state index is 0.0288. The summed E-state index contributed by atoms with van der Waals surface area (Å²) in [4.78, 5) is 30.0. The summed E-state index contributed by atoms with van der Waals surface area (Å²) in [6, 6.07) is 22.1. The summed E-state index contributed by atoms with van der Waals surface area (Å²) in [6.45, 7) is 3.27. The number of carbonyl (C=O) groups excluding carboxylic acids is 2. The molecule has 3 aromatic carbocycles. The van der Waals surface area contributed by atoms with Crippen LogP contribution >= 0.6 is 23.4 Å². The maximum Gasteiger partial charge on any atom is 0.255 e. The highest BCUT2D eigenvalue weighted by atomic mass is 35.5. The van der Waals surface area contributed by atoms with Crippen molar-refractivity contribution in [1.29, 1.82) is 0 Å². The van der Waals surface area contributed by atoms with Crippen LogP contribution in [0.5, 0.6) is 11.5 Å². The van der Waals surface area contributed by atoms with E-state index < -0.39 is 0 Å². The first-order valence-corrected chi connectivity index (χ1v) is 14.5. The van der Waals surface area contributed by atoms with Crippen LogP contribution in [0, 0.1) is 0 Å². The average molecular weight is 592 g/mol. The van der Waals surface area contributed by atoms with E-state index in [4.69, 9.17) is 21.1 Å². The van der Waals surface area contributed by atoms with E-state index in [9.17, 15) is 9.59 Å². The monoisotopic (exact) mass is 591 g/mol. The van der Waals surface area contributed by atoms with Crippen molar-refractivity contribution in [1.82, 2.24) is 24.6 Å². The lowest BCUT2D eigenvalue weighted by Gasteiger charge is -2.40. The molecule has 0 radical (unpaired) electrons. The molecule has 4 aromatic rings. The molecule has 0 saturated carbocycles. The summed E-state index contributed by atoms with van der Waals surface area (Å²) in [5.41, 5.74) is 2.14. The first-order valence-electron chi connectivity index (χ1n) is 13.1. The zero-order chi connectivity index (χ0) is 28.9. The van der Waals surface area contributed by atoms with Crippen LogP contribution in [0.25, 0.3) is 17.1 Å². The Morgan fingerprint density at radius 2 is 1.71 bits per heavy atom. The lowest BCUT2D eigenvalue weighted by molar-refractivity contribution is -0.130. The third kappa shape index (κ3) is 6.18. The topological polar surface area (TPSA) is 89.8 Å². The zero-order valence-corrected chi connectivity index (χ0v) is 24.6. The van der Waals surface area contributed by atoms with Gasteiger partial charge in [-0.25, -0.2) is 0 Å². The molecular formula is C30H30ClN5O4S. The number of rotatable bonds is 8. The molecule has 1 aliphatic rings. The summed E-state index contributed by atoms with van der Waals surface area (Å²) < 4.78 is 12.7. The van der Waals surface area contributed by atoms with Gasteiger partial charge in [-0.3, -0.25) is 14.2 Å². The Balaban J connectivity index is 1.31. The van der Waals surface area contributed by atoms with Crippen molar-refractivity contribution < 1.29 is 19.1 Å². The number of methoxy groups -OCH3 is 2. The van der Waals surface area contributed by atoms with Gasteiger partial charge in [0.25, 0.3) is 5.91 Å². The fourth-order valence-corrected chi connectivity index (χ4v) is 5.84. The predicted molar refractivity (Wildman–Crippen MR) is 159 cm³/mol. The van der Waals surface area contributed by atoms with Crippen LogP contribution in [0.2, 0.25) is 5.02 Å². The molecule has 2 heterocycles. The number of aromatic nitrogens is 3. The quantitative estimate of drug-likeness (QED) is 0.264. The van der Waals surface area contributed by atoms with Gasteiger partial charge in [-0.15, -0.1) is 10.2 Å². The van der Waals surface area contributed by atoms with Gasteiger partial charge in [-0.2, -0.15) is 0 Å². The highest BCUT2D eigenvalue weighted by Gasteiger charge is 2.31. The minimum Gasteiger partial charge on any atom is -0.497 e. The second kappa shape index (κ2) is 12.7. The second-order valence-electron chi connectivity index (χ2n) is 9.53. The number of amides is 2. The van der Waals surface area contributed by atoms with E-state index in [-0.39, 0.29) is 23.6 Å². The maximum atomic E-state index is 13.3. The Morgan fingerprint density at radius 3 is 2.41 bits per heavy atom. The fourth-order valence-electron chi connectivity index (χ4n) is 4.77. The molecule has 11 heteroatoms. The van der Waals surface area contributed by atoms with Crippen molar-refractivity contribution in [2.45, 2.75) is 18.1 Å². The van der Waals surface area contributed by atoms with Crippen molar-refractivity contribution in [3.63, 3.8) is 0 Å². The van der Waals surface area contributed by atoms with Crippen LogP contribution < -0.4 is 9.47 Å². The predicted octanol–water partition coefficient (Wildman–Crippen LogP) is 5.07. The Morgan fingerprint density at radius 1 is 0.951 bits per heavy atom. The third-order valence-corrected chi connectivity index (χ3v) is 8.21. The highest BCUT2D eigenvalue weighted by molar-refractivity contribution is 7.99. The first-order chi connectivity index (χ1) is 19.9. The lowest BCUT2D eigenvalue weighted by Crippen LogP contribution is -2.55. The molecule has 1 fully saturated rings. The lowest BCUT2D eigenvalue weighted by atomic mass is 10.1. The van der Waals surface area contributed by atoms with E-state index in [2.05, 4.69) is 10.2 Å². The van der Waals surface area contributed by atoms with Gasteiger partial charge in [-0.05, 0) is 55.5 Å². The summed E-state index contributed by atoms with van der Waals surface area (Å²) in [5, 5.41) is 9.93. The first kappa shape index (κ1) is 28.5. The second-order valence-corrected chi connectivity index (χ2v) is 10.9. The molecule has 0 bridgehead atoms. The van der Waals surface area contributed by atoms with Crippen molar-refractivity contribution in [3.05, 3.63) is 83.4 Å². The van der Waals surface area contributed by atoms with Crippen LogP contribution in [0.15, 0.2) is 78.0 Å². The summed E-state index contributed by atoms with van der Waals surface area (Å²) in [6.07, 6.45) is 0. The number of ether oxygens (including phenoxy) is 2. The SMILES string of the molecule is COc1ccc(-n2c(SCC(=O)N3CCN(C(=O)c4ccccc4Cl)C(C)C3)nnc2-c2cccc(OC)c2)cc1. The van der Waals surface area contributed by atoms with Gasteiger partial charge in [0.15, 0.2) is 11.0 Å². The van der Waals surface area contributed by atoms with Crippen LogP contribution in [0.4, 0.5) is 0 Å².